The predicted octanol–water partition coefficient (Wildman–Crippen LogP) is 2.87. The minimum Gasteiger partial charge on any atom is -0.491 e. The van der Waals surface area contributed by atoms with Gasteiger partial charge in [-0.05, 0) is 49.5 Å². The highest BCUT2D eigenvalue weighted by molar-refractivity contribution is 5.21. The van der Waals surface area contributed by atoms with Gasteiger partial charge in [-0.15, -0.1) is 0 Å². The summed E-state index contributed by atoms with van der Waals surface area (Å²) in [5, 5.41) is 20.7. The molecule has 4 heteroatoms. The van der Waals surface area contributed by atoms with Gasteiger partial charge in [-0.3, -0.25) is 0 Å². The summed E-state index contributed by atoms with van der Waals surface area (Å²) in [7, 11) is 0. The molecule has 0 spiro atoms. The average Bonchev–Trinajstić information content (AvgIpc) is 2.68. The number of nitrogens with zero attached hydrogens (tertiary/aromatic N) is 1. The predicted molar refractivity (Wildman–Crippen MR) is 98.5 cm³/mol. The maximum absolute atomic E-state index is 10.5. The minimum atomic E-state index is -0.504. The lowest BCUT2D eigenvalue weighted by Gasteiger charge is -2.35. The zero-order valence-corrected chi connectivity index (χ0v) is 14.5. The minimum absolute atomic E-state index is 0.288. The van der Waals surface area contributed by atoms with Crippen LogP contribution < -0.4 is 4.74 Å². The molecule has 2 unspecified atom stereocenters. The Balaban J connectivity index is 1.40. The number of piperidine rings is 1. The summed E-state index contributed by atoms with van der Waals surface area (Å²) in [6.45, 7) is 2.71. The van der Waals surface area contributed by atoms with Gasteiger partial charge in [-0.1, -0.05) is 48.5 Å². The second kappa shape index (κ2) is 8.99. The van der Waals surface area contributed by atoms with E-state index in [2.05, 4.69) is 4.90 Å². The molecule has 2 aromatic rings. The van der Waals surface area contributed by atoms with E-state index in [4.69, 9.17) is 4.74 Å². The van der Waals surface area contributed by atoms with Gasteiger partial charge in [-0.2, -0.15) is 0 Å². The van der Waals surface area contributed by atoms with E-state index in [-0.39, 0.29) is 5.92 Å². The lowest BCUT2D eigenvalue weighted by atomic mass is 9.87. The van der Waals surface area contributed by atoms with Crippen LogP contribution in [0.25, 0.3) is 0 Å². The first-order valence-electron chi connectivity index (χ1n) is 9.03. The highest BCUT2D eigenvalue weighted by atomic mass is 16.5. The number of aliphatic hydroxyl groups excluding tert-OH is 2. The summed E-state index contributed by atoms with van der Waals surface area (Å²) < 4.78 is 5.61. The highest BCUT2D eigenvalue weighted by Gasteiger charge is 2.27. The van der Waals surface area contributed by atoms with Crippen molar-refractivity contribution in [1.29, 1.82) is 0 Å². The van der Waals surface area contributed by atoms with Crippen molar-refractivity contribution in [2.45, 2.75) is 25.0 Å². The Labute approximate surface area is 149 Å². The zero-order valence-electron chi connectivity index (χ0n) is 14.5. The van der Waals surface area contributed by atoms with Crippen molar-refractivity contribution >= 4 is 0 Å². The van der Waals surface area contributed by atoms with Gasteiger partial charge in [0, 0.05) is 6.54 Å². The molecule has 0 aliphatic carbocycles. The zero-order chi connectivity index (χ0) is 17.5. The van der Waals surface area contributed by atoms with Crippen molar-refractivity contribution in [3.8, 4) is 5.75 Å². The summed E-state index contributed by atoms with van der Waals surface area (Å²) in [4.78, 5) is 2.26. The summed E-state index contributed by atoms with van der Waals surface area (Å²) >= 11 is 0. The third-order valence-electron chi connectivity index (χ3n) is 4.87. The third kappa shape index (κ3) is 5.30. The van der Waals surface area contributed by atoms with E-state index in [1.54, 1.807) is 0 Å². The Hall–Kier alpha value is -1.88. The molecule has 1 aliphatic rings. The number of β-amino-alcohol motifs (C(OH)–C–C–N with tert-alkyl or cyclic N) is 1. The van der Waals surface area contributed by atoms with Crippen LogP contribution in [0.3, 0.4) is 0 Å². The molecule has 0 saturated carbocycles. The Bertz CT molecular complexity index is 612. The summed E-state index contributed by atoms with van der Waals surface area (Å²) in [6, 6.07) is 19.5. The fourth-order valence-electron chi connectivity index (χ4n) is 3.43. The number of benzene rings is 2. The van der Waals surface area contributed by atoms with Crippen LogP contribution in [-0.4, -0.2) is 47.5 Å². The lowest BCUT2D eigenvalue weighted by molar-refractivity contribution is 0.0278. The summed E-state index contributed by atoms with van der Waals surface area (Å²) in [6.07, 6.45) is 0.996. The molecule has 2 atom stereocenters. The van der Waals surface area contributed by atoms with Gasteiger partial charge >= 0.3 is 0 Å². The average molecular weight is 341 g/mol. The molecule has 25 heavy (non-hydrogen) atoms. The van der Waals surface area contributed by atoms with Crippen molar-refractivity contribution in [2.24, 2.45) is 5.92 Å². The Kier molecular flexibility index (Phi) is 6.45. The van der Waals surface area contributed by atoms with Gasteiger partial charge in [0.2, 0.25) is 0 Å². The molecule has 0 radical (unpaired) electrons. The van der Waals surface area contributed by atoms with E-state index in [9.17, 15) is 10.2 Å². The molecule has 0 aromatic heterocycles. The number of rotatable bonds is 7. The molecule has 1 aliphatic heterocycles. The van der Waals surface area contributed by atoms with Crippen molar-refractivity contribution in [2.75, 3.05) is 26.2 Å². The molecular weight excluding hydrogens is 314 g/mol. The second-order valence-electron chi connectivity index (χ2n) is 6.77. The van der Waals surface area contributed by atoms with Crippen LogP contribution >= 0.6 is 0 Å². The van der Waals surface area contributed by atoms with Crippen molar-refractivity contribution in [1.82, 2.24) is 4.90 Å². The molecule has 1 heterocycles. The number of hydrogen-bond donors (Lipinski definition) is 2. The fourth-order valence-corrected chi connectivity index (χ4v) is 3.43. The van der Waals surface area contributed by atoms with Crippen LogP contribution in [0, 0.1) is 5.92 Å². The Morgan fingerprint density at radius 2 is 1.52 bits per heavy atom. The molecular formula is C21H27NO3. The van der Waals surface area contributed by atoms with Gasteiger partial charge < -0.3 is 19.8 Å². The van der Waals surface area contributed by atoms with Crippen LogP contribution in [0.1, 0.15) is 24.5 Å². The van der Waals surface area contributed by atoms with E-state index in [0.29, 0.717) is 13.2 Å². The number of likely N-dealkylation sites (tertiary alicyclic amines) is 1. The van der Waals surface area contributed by atoms with Crippen LogP contribution in [0.2, 0.25) is 0 Å². The lowest BCUT2D eigenvalue weighted by Crippen LogP contribution is -2.41. The number of aliphatic hydroxyl groups is 2. The fraction of sp³-hybridized carbons (Fsp3) is 0.429. The standard InChI is InChI=1S/C21H27NO3/c23-19(16-25-20-9-5-2-6-10-20)15-22-13-11-18(12-14-22)21(24)17-7-3-1-4-8-17/h1-10,18-19,21,23-24H,11-16H2. The van der Waals surface area contributed by atoms with Crippen LogP contribution in [0.4, 0.5) is 0 Å². The molecule has 2 aromatic carbocycles. The SMILES string of the molecule is OC(COc1ccccc1)CN1CCC(C(O)c2ccccc2)CC1. The van der Waals surface area contributed by atoms with Crippen molar-refractivity contribution < 1.29 is 14.9 Å². The monoisotopic (exact) mass is 341 g/mol. The van der Waals surface area contributed by atoms with Gasteiger partial charge in [0.05, 0.1) is 6.10 Å². The molecule has 4 nitrogen and oxygen atoms in total. The third-order valence-corrected chi connectivity index (χ3v) is 4.87. The van der Waals surface area contributed by atoms with Gasteiger partial charge in [0.15, 0.2) is 0 Å². The molecule has 1 saturated heterocycles. The normalized spacial score (nSPS) is 18.6. The van der Waals surface area contributed by atoms with Crippen molar-refractivity contribution in [3.05, 3.63) is 66.2 Å². The molecule has 2 N–H and O–H groups in total. The van der Waals surface area contributed by atoms with E-state index >= 15 is 0 Å². The Morgan fingerprint density at radius 1 is 0.920 bits per heavy atom. The number of hydrogen-bond acceptors (Lipinski definition) is 4. The highest BCUT2D eigenvalue weighted by Crippen LogP contribution is 2.30. The van der Waals surface area contributed by atoms with Crippen LogP contribution in [-0.2, 0) is 0 Å². The first kappa shape index (κ1) is 17.9. The smallest absolute Gasteiger partial charge is 0.119 e. The maximum atomic E-state index is 10.5. The van der Waals surface area contributed by atoms with Gasteiger partial charge in [0.25, 0.3) is 0 Å². The quantitative estimate of drug-likeness (QED) is 0.813. The van der Waals surface area contributed by atoms with E-state index in [1.165, 1.54) is 0 Å². The first-order valence-corrected chi connectivity index (χ1v) is 9.03. The number of para-hydroxylation sites is 1. The van der Waals surface area contributed by atoms with Gasteiger partial charge in [0.1, 0.15) is 18.5 Å². The van der Waals surface area contributed by atoms with Crippen LogP contribution in [0.5, 0.6) is 5.75 Å². The van der Waals surface area contributed by atoms with E-state index < -0.39 is 12.2 Å². The largest absolute Gasteiger partial charge is 0.491 e. The second-order valence-corrected chi connectivity index (χ2v) is 6.77. The number of ether oxygens (including phenoxy) is 1. The van der Waals surface area contributed by atoms with Crippen LogP contribution in [0.15, 0.2) is 60.7 Å². The van der Waals surface area contributed by atoms with E-state index in [1.807, 2.05) is 60.7 Å². The Morgan fingerprint density at radius 3 is 2.16 bits per heavy atom. The summed E-state index contributed by atoms with van der Waals surface area (Å²) in [5.41, 5.74) is 0.997. The summed E-state index contributed by atoms with van der Waals surface area (Å²) in [5.74, 6) is 1.07. The van der Waals surface area contributed by atoms with Gasteiger partial charge in [-0.25, -0.2) is 0 Å². The molecule has 134 valence electrons. The molecule has 0 bridgehead atoms. The maximum Gasteiger partial charge on any atom is 0.119 e. The topological polar surface area (TPSA) is 52.9 Å². The van der Waals surface area contributed by atoms with E-state index in [0.717, 1.165) is 37.2 Å². The molecule has 0 amide bonds. The molecule has 1 fully saturated rings. The molecule has 3 rings (SSSR count). The van der Waals surface area contributed by atoms with Crippen molar-refractivity contribution in [3.63, 3.8) is 0 Å². The first-order chi connectivity index (χ1) is 12.2.